The number of thiol groups is 2. The van der Waals surface area contributed by atoms with Crippen molar-refractivity contribution in [3.8, 4) is 0 Å². The zero-order chi connectivity index (χ0) is 37.9. The number of aliphatic hydroxyl groups excluding tert-OH is 1. The summed E-state index contributed by atoms with van der Waals surface area (Å²) in [5.74, 6) is 0.731. The second-order valence-corrected chi connectivity index (χ2v) is 15.6. The number of carboxylic acids is 1. The van der Waals surface area contributed by atoms with Gasteiger partial charge in [-0.15, -0.1) is 0 Å². The number of carbonyl (C=O) groups is 2. The zero-order valence-corrected chi connectivity index (χ0v) is 32.6. The lowest BCUT2D eigenvalue weighted by Crippen LogP contribution is -2.18. The van der Waals surface area contributed by atoms with E-state index in [0.29, 0.717) is 30.7 Å². The number of aromatic nitrogens is 1. The standard InChI is InChI=1S/C29H28ClNO2.C7H12O2S.C6H10O2S/c1-29(2,33)26-9-4-3-7-21(26)13-17-28(32)23-8-5-6-20(18-23)10-15-25-16-12-22-11-14-24(30)19-27(22)31-25;1-9-6(8)4-7(5-10)2-3-7;7-5(8)3-6(4-9)1-2-6/h3-12,14-16,18-19,28,32-33H,13,17H2,1-2H3;10H,2-5H2,1H3;9H,1-4H2,(H,7,8)/b15-10+;;/t28-;;/m0../s1. The van der Waals surface area contributed by atoms with Crippen LogP contribution in [0.15, 0.2) is 78.9 Å². The van der Waals surface area contributed by atoms with Crippen LogP contribution in [0.3, 0.4) is 0 Å². The topological polar surface area (TPSA) is 117 Å². The Morgan fingerprint density at radius 2 is 1.58 bits per heavy atom. The molecule has 0 amide bonds. The number of hydrogen-bond donors (Lipinski definition) is 5. The summed E-state index contributed by atoms with van der Waals surface area (Å²) < 4.78 is 4.56. The fraction of sp³-hybridized carbons (Fsp3) is 0.405. The molecule has 1 aromatic heterocycles. The second-order valence-electron chi connectivity index (χ2n) is 14.5. The van der Waals surface area contributed by atoms with E-state index in [0.717, 1.165) is 76.0 Å². The SMILES string of the molecule is CC(C)(O)c1ccccc1CC[C@H](O)c1cccc(/C=C/c2ccc3ccc(Cl)cc3n2)c1.COC(=O)CC1(CS)CC1.O=C(O)CC1(CS)CC1. The van der Waals surface area contributed by atoms with Crippen LogP contribution in [0, 0.1) is 10.8 Å². The number of aliphatic hydroxyl groups is 2. The van der Waals surface area contributed by atoms with E-state index in [4.69, 9.17) is 16.7 Å². The molecule has 2 aliphatic rings. The molecule has 0 bridgehead atoms. The smallest absolute Gasteiger partial charge is 0.306 e. The van der Waals surface area contributed by atoms with Crippen molar-refractivity contribution in [3.63, 3.8) is 0 Å². The first-order chi connectivity index (χ1) is 24.7. The van der Waals surface area contributed by atoms with Gasteiger partial charge in [-0.1, -0.05) is 72.3 Å². The van der Waals surface area contributed by atoms with E-state index >= 15 is 0 Å². The predicted octanol–water partition coefficient (Wildman–Crippen LogP) is 9.38. The van der Waals surface area contributed by atoms with Gasteiger partial charge in [0.05, 0.1) is 42.9 Å². The molecule has 1 atom stereocenters. The van der Waals surface area contributed by atoms with Crippen LogP contribution in [0.5, 0.6) is 0 Å². The number of aryl methyl sites for hydroxylation is 1. The predicted molar refractivity (Wildman–Crippen MR) is 217 cm³/mol. The molecule has 7 nitrogen and oxygen atoms in total. The number of ether oxygens (including phenoxy) is 1. The largest absolute Gasteiger partial charge is 0.481 e. The highest BCUT2D eigenvalue weighted by molar-refractivity contribution is 7.80. The summed E-state index contributed by atoms with van der Waals surface area (Å²) in [4.78, 5) is 25.6. The average molecular weight is 764 g/mol. The van der Waals surface area contributed by atoms with Gasteiger partial charge >= 0.3 is 11.9 Å². The molecule has 0 unspecified atom stereocenters. The van der Waals surface area contributed by atoms with Crippen LogP contribution in [0.1, 0.15) is 92.8 Å². The van der Waals surface area contributed by atoms with Crippen molar-refractivity contribution in [2.75, 3.05) is 18.6 Å². The Bertz CT molecular complexity index is 1850. The van der Waals surface area contributed by atoms with Crippen LogP contribution in [-0.4, -0.2) is 50.9 Å². The number of carbonyl (C=O) groups excluding carboxylic acids is 1. The second kappa shape index (κ2) is 18.6. The molecule has 52 heavy (non-hydrogen) atoms. The molecule has 6 rings (SSSR count). The van der Waals surface area contributed by atoms with Crippen LogP contribution >= 0.6 is 36.9 Å². The van der Waals surface area contributed by atoms with E-state index in [1.54, 1.807) is 13.8 Å². The fourth-order valence-corrected chi connectivity index (χ4v) is 6.90. The van der Waals surface area contributed by atoms with E-state index in [9.17, 15) is 19.8 Å². The fourth-order valence-electron chi connectivity index (χ4n) is 5.88. The molecule has 10 heteroatoms. The number of methoxy groups -OCH3 is 1. The van der Waals surface area contributed by atoms with Gasteiger partial charge in [0.15, 0.2) is 0 Å². The normalized spacial score (nSPS) is 15.8. The van der Waals surface area contributed by atoms with Crippen molar-refractivity contribution in [3.05, 3.63) is 112 Å². The molecule has 1 heterocycles. The molecular formula is C42H50ClNO6S2. The number of nitrogens with zero attached hydrogens (tertiary/aromatic N) is 1. The Hall–Kier alpha value is -3.34. The molecule has 0 spiro atoms. The number of hydrogen-bond acceptors (Lipinski definition) is 8. The van der Waals surface area contributed by atoms with Crippen LogP contribution in [0.25, 0.3) is 23.1 Å². The average Bonchev–Trinajstić information content (AvgIpc) is 4.07. The van der Waals surface area contributed by atoms with E-state index in [-0.39, 0.29) is 16.8 Å². The minimum atomic E-state index is -0.908. The van der Waals surface area contributed by atoms with Gasteiger partial charge in [0.25, 0.3) is 0 Å². The van der Waals surface area contributed by atoms with Gasteiger partial charge in [-0.25, -0.2) is 4.98 Å². The van der Waals surface area contributed by atoms with Gasteiger partial charge in [-0.3, -0.25) is 9.59 Å². The third-order valence-electron chi connectivity index (χ3n) is 9.64. The minimum Gasteiger partial charge on any atom is -0.481 e. The van der Waals surface area contributed by atoms with Crippen LogP contribution in [-0.2, 0) is 26.3 Å². The summed E-state index contributed by atoms with van der Waals surface area (Å²) >= 11 is 14.3. The van der Waals surface area contributed by atoms with Gasteiger partial charge < -0.3 is 20.1 Å². The highest BCUT2D eigenvalue weighted by atomic mass is 35.5. The van der Waals surface area contributed by atoms with Crippen LogP contribution in [0.2, 0.25) is 5.02 Å². The van der Waals surface area contributed by atoms with Crippen molar-refractivity contribution in [1.29, 1.82) is 0 Å². The van der Waals surface area contributed by atoms with Gasteiger partial charge in [0.2, 0.25) is 0 Å². The summed E-state index contributed by atoms with van der Waals surface area (Å²) in [6, 6.07) is 25.5. The number of benzene rings is 3. The molecule has 0 aliphatic heterocycles. The minimum absolute atomic E-state index is 0.0783. The summed E-state index contributed by atoms with van der Waals surface area (Å²) in [6.45, 7) is 3.58. The van der Waals surface area contributed by atoms with E-state index in [2.05, 4.69) is 35.0 Å². The third kappa shape index (κ3) is 12.7. The molecule has 4 aromatic rings. The van der Waals surface area contributed by atoms with Crippen molar-refractivity contribution in [2.24, 2.45) is 10.8 Å². The number of fused-ring (bicyclic) bond motifs is 1. The Morgan fingerprint density at radius 3 is 2.17 bits per heavy atom. The summed E-state index contributed by atoms with van der Waals surface area (Å²) in [5, 5.41) is 31.4. The summed E-state index contributed by atoms with van der Waals surface area (Å²) in [6.07, 6.45) is 9.84. The Morgan fingerprint density at radius 1 is 0.923 bits per heavy atom. The highest BCUT2D eigenvalue weighted by Crippen LogP contribution is 2.50. The maximum absolute atomic E-state index is 10.8. The molecular weight excluding hydrogens is 714 g/mol. The van der Waals surface area contributed by atoms with Gasteiger partial charge in [0.1, 0.15) is 0 Å². The van der Waals surface area contributed by atoms with Gasteiger partial charge in [-0.05, 0) is 127 Å². The number of pyridine rings is 1. The molecule has 2 saturated carbocycles. The lowest BCUT2D eigenvalue weighted by molar-refractivity contribution is -0.142. The zero-order valence-electron chi connectivity index (χ0n) is 30.1. The first-order valence-electron chi connectivity index (χ1n) is 17.5. The molecule has 278 valence electrons. The Labute approximate surface area is 323 Å². The van der Waals surface area contributed by atoms with E-state index in [1.165, 1.54) is 7.11 Å². The monoisotopic (exact) mass is 763 g/mol. The maximum Gasteiger partial charge on any atom is 0.306 e. The Balaban J connectivity index is 0.000000258. The number of carboxylic acid groups (broad SMARTS) is 1. The van der Waals surface area contributed by atoms with Crippen LogP contribution in [0.4, 0.5) is 0 Å². The number of rotatable bonds is 13. The Kier molecular flexibility index (Phi) is 14.8. The van der Waals surface area contributed by atoms with Gasteiger partial charge in [-0.2, -0.15) is 25.3 Å². The third-order valence-corrected chi connectivity index (χ3v) is 11.2. The quantitative estimate of drug-likeness (QED) is 0.0681. The molecule has 2 fully saturated rings. The lowest BCUT2D eigenvalue weighted by Gasteiger charge is -2.22. The first kappa shape index (κ1) is 41.4. The van der Waals surface area contributed by atoms with E-state index < -0.39 is 17.7 Å². The summed E-state index contributed by atoms with van der Waals surface area (Å²) in [7, 11) is 1.43. The molecule has 3 N–H and O–H groups in total. The highest BCUT2D eigenvalue weighted by Gasteiger charge is 2.43. The lowest BCUT2D eigenvalue weighted by atomic mass is 9.90. The first-order valence-corrected chi connectivity index (χ1v) is 19.2. The van der Waals surface area contributed by atoms with Crippen molar-refractivity contribution >= 4 is 71.9 Å². The maximum atomic E-state index is 10.8. The number of esters is 1. The van der Waals surface area contributed by atoms with Crippen molar-refractivity contribution in [2.45, 2.75) is 76.9 Å². The molecule has 0 radical (unpaired) electrons. The molecule has 0 saturated heterocycles. The van der Waals surface area contributed by atoms with Gasteiger partial charge in [0, 0.05) is 10.4 Å². The van der Waals surface area contributed by atoms with Crippen molar-refractivity contribution < 1.29 is 29.6 Å². The number of halogens is 1. The van der Waals surface area contributed by atoms with Crippen molar-refractivity contribution in [1.82, 2.24) is 4.98 Å². The number of aliphatic carboxylic acids is 1. The van der Waals surface area contributed by atoms with Crippen LogP contribution < -0.4 is 0 Å². The molecule has 2 aliphatic carbocycles. The van der Waals surface area contributed by atoms with E-state index in [1.807, 2.05) is 91.0 Å². The molecule has 3 aromatic carbocycles. The summed E-state index contributed by atoms with van der Waals surface area (Å²) in [5.41, 5.74) is 4.91.